The summed E-state index contributed by atoms with van der Waals surface area (Å²) < 4.78 is 0. The van der Waals surface area contributed by atoms with E-state index < -0.39 is 11.8 Å². The summed E-state index contributed by atoms with van der Waals surface area (Å²) in [4.78, 5) is 27.6. The highest BCUT2D eigenvalue weighted by Gasteiger charge is 2.01. The number of nitrogens with one attached hydrogen (secondary N) is 2. The smallest absolute Gasteiger partial charge is 0.248 e. The third kappa shape index (κ3) is 4.56. The number of carbonyl (C=O) groups excluding carboxylic acids is 2. The quantitative estimate of drug-likeness (QED) is 0.418. The number of hydrogen-bond donors (Lipinski definition) is 4. The van der Waals surface area contributed by atoms with Gasteiger partial charge in [-0.2, -0.15) is 0 Å². The fourth-order valence-corrected chi connectivity index (χ4v) is 2.41. The summed E-state index contributed by atoms with van der Waals surface area (Å²) in [6.07, 6.45) is 3.66. The van der Waals surface area contributed by atoms with Crippen LogP contribution in [0.2, 0.25) is 0 Å². The number of carbonyl (C=O) groups is 2. The van der Waals surface area contributed by atoms with Gasteiger partial charge in [-0.15, -0.1) is 24.8 Å². The molecule has 8 heteroatoms. The van der Waals surface area contributed by atoms with Crippen LogP contribution in [0, 0.1) is 0 Å². The topological polar surface area (TPSA) is 118 Å². The molecule has 0 aliphatic rings. The first-order valence-electron chi connectivity index (χ1n) is 7.28. The van der Waals surface area contributed by atoms with Crippen molar-refractivity contribution in [2.45, 2.75) is 0 Å². The molecule has 0 aliphatic carbocycles. The van der Waals surface area contributed by atoms with E-state index in [1.165, 1.54) is 0 Å². The molecule has 2 aromatic carbocycles. The Kier molecular flexibility index (Phi) is 7.25. The minimum Gasteiger partial charge on any atom is -0.366 e. The lowest BCUT2D eigenvalue weighted by Gasteiger charge is -1.94. The molecule has 2 aromatic heterocycles. The van der Waals surface area contributed by atoms with E-state index in [-0.39, 0.29) is 24.8 Å². The molecule has 0 unspecified atom stereocenters. The minimum atomic E-state index is -0.391. The molecule has 4 rings (SSSR count). The predicted molar refractivity (Wildman–Crippen MR) is 108 cm³/mol. The molecule has 136 valence electrons. The summed E-state index contributed by atoms with van der Waals surface area (Å²) in [5.41, 5.74) is 13.4. The summed E-state index contributed by atoms with van der Waals surface area (Å²) in [6, 6.07) is 14.5. The van der Waals surface area contributed by atoms with Crippen LogP contribution in [0.1, 0.15) is 20.7 Å². The second kappa shape index (κ2) is 8.94. The molecule has 6 N–H and O–H groups in total. The average Bonchev–Trinajstić information content (AvgIpc) is 3.22. The van der Waals surface area contributed by atoms with Gasteiger partial charge in [0.05, 0.1) is 0 Å². The second-order valence-corrected chi connectivity index (χ2v) is 5.29. The molecular weight excluding hydrogens is 375 g/mol. The zero-order chi connectivity index (χ0) is 17.1. The largest absolute Gasteiger partial charge is 0.366 e. The zero-order valence-corrected chi connectivity index (χ0v) is 15.2. The Hall–Kier alpha value is -2.96. The Labute approximate surface area is 161 Å². The number of aromatic amines is 2. The van der Waals surface area contributed by atoms with Gasteiger partial charge in [-0.3, -0.25) is 9.59 Å². The van der Waals surface area contributed by atoms with Crippen LogP contribution in [0.5, 0.6) is 0 Å². The van der Waals surface area contributed by atoms with Crippen molar-refractivity contribution in [3.63, 3.8) is 0 Å². The van der Waals surface area contributed by atoms with Crippen molar-refractivity contribution in [2.75, 3.05) is 0 Å². The molecule has 0 radical (unpaired) electrons. The first-order valence-corrected chi connectivity index (χ1v) is 7.28. The molecule has 0 saturated heterocycles. The molecule has 0 saturated carbocycles. The van der Waals surface area contributed by atoms with E-state index in [1.54, 1.807) is 24.3 Å². The molecule has 0 fully saturated rings. The van der Waals surface area contributed by atoms with E-state index in [0.29, 0.717) is 11.1 Å². The summed E-state index contributed by atoms with van der Waals surface area (Å²) >= 11 is 0. The number of primary amides is 2. The highest BCUT2D eigenvalue weighted by Crippen LogP contribution is 2.14. The van der Waals surface area contributed by atoms with Crippen molar-refractivity contribution in [3.8, 4) is 0 Å². The number of rotatable bonds is 2. The highest BCUT2D eigenvalue weighted by atomic mass is 35.5. The van der Waals surface area contributed by atoms with E-state index in [0.717, 1.165) is 21.8 Å². The van der Waals surface area contributed by atoms with Crippen LogP contribution in [-0.4, -0.2) is 21.8 Å². The van der Waals surface area contributed by atoms with E-state index >= 15 is 0 Å². The van der Waals surface area contributed by atoms with Crippen molar-refractivity contribution in [1.29, 1.82) is 0 Å². The lowest BCUT2D eigenvalue weighted by atomic mass is 10.1. The predicted octanol–water partition coefficient (Wildman–Crippen LogP) is 3.38. The first kappa shape index (κ1) is 21.1. The number of halogens is 2. The number of H-pyrrole nitrogens is 2. The lowest BCUT2D eigenvalue weighted by molar-refractivity contribution is 0.0992. The molecule has 0 aliphatic heterocycles. The monoisotopic (exact) mass is 392 g/mol. The first-order chi connectivity index (χ1) is 11.5. The number of nitrogens with two attached hydrogens (primary N) is 2. The van der Waals surface area contributed by atoms with Gasteiger partial charge in [-0.05, 0) is 48.5 Å². The maximum atomic E-state index is 10.8. The fraction of sp³-hybridized carbons (Fsp3) is 0. The van der Waals surface area contributed by atoms with Gasteiger partial charge in [0.2, 0.25) is 11.8 Å². The van der Waals surface area contributed by atoms with E-state index in [2.05, 4.69) is 9.97 Å². The summed E-state index contributed by atoms with van der Waals surface area (Å²) in [7, 11) is 0. The van der Waals surface area contributed by atoms with Crippen LogP contribution in [0.4, 0.5) is 0 Å². The Morgan fingerprint density at radius 3 is 1.38 bits per heavy atom. The van der Waals surface area contributed by atoms with Crippen LogP contribution in [0.25, 0.3) is 21.8 Å². The number of benzene rings is 2. The number of hydrogen-bond acceptors (Lipinski definition) is 2. The Morgan fingerprint density at radius 2 is 1.04 bits per heavy atom. The van der Waals surface area contributed by atoms with Crippen LogP contribution in [0.15, 0.2) is 60.9 Å². The standard InChI is InChI=1S/2C9H8N2O.2ClH/c2*10-9(12)7-1-2-8-6(5-7)3-4-11-8;;/h2*1-5,11H,(H2,10,12);2*1H. The maximum Gasteiger partial charge on any atom is 0.248 e. The van der Waals surface area contributed by atoms with Gasteiger partial charge in [-0.1, -0.05) is 0 Å². The Balaban J connectivity index is 0.000000241. The van der Waals surface area contributed by atoms with Crippen molar-refractivity contribution >= 4 is 58.4 Å². The Bertz CT molecular complexity index is 956. The van der Waals surface area contributed by atoms with Crippen LogP contribution in [0.3, 0.4) is 0 Å². The van der Waals surface area contributed by atoms with Gasteiger partial charge in [0.15, 0.2) is 0 Å². The van der Waals surface area contributed by atoms with E-state index in [4.69, 9.17) is 11.5 Å². The van der Waals surface area contributed by atoms with Crippen molar-refractivity contribution in [1.82, 2.24) is 9.97 Å². The van der Waals surface area contributed by atoms with Gasteiger partial charge in [-0.25, -0.2) is 0 Å². The molecule has 26 heavy (non-hydrogen) atoms. The molecule has 2 heterocycles. The average molecular weight is 393 g/mol. The lowest BCUT2D eigenvalue weighted by Crippen LogP contribution is -2.10. The van der Waals surface area contributed by atoms with Crippen LogP contribution < -0.4 is 11.5 Å². The molecule has 0 atom stereocenters. The Morgan fingerprint density at radius 1 is 0.654 bits per heavy atom. The van der Waals surface area contributed by atoms with Gasteiger partial charge < -0.3 is 21.4 Å². The minimum absolute atomic E-state index is 0. The van der Waals surface area contributed by atoms with Gasteiger partial charge in [0.25, 0.3) is 0 Å². The normalized spacial score (nSPS) is 9.54. The van der Waals surface area contributed by atoms with Crippen molar-refractivity contribution in [3.05, 3.63) is 72.1 Å². The summed E-state index contributed by atoms with van der Waals surface area (Å²) in [6.45, 7) is 0. The molecule has 0 spiro atoms. The molecule has 4 aromatic rings. The van der Waals surface area contributed by atoms with Crippen LogP contribution >= 0.6 is 24.8 Å². The molecular formula is C18H18Cl2N4O2. The molecule has 0 bridgehead atoms. The summed E-state index contributed by atoms with van der Waals surface area (Å²) in [5, 5.41) is 2.01. The van der Waals surface area contributed by atoms with Gasteiger partial charge in [0.1, 0.15) is 0 Å². The molecule has 2 amide bonds. The van der Waals surface area contributed by atoms with E-state index in [9.17, 15) is 9.59 Å². The zero-order valence-electron chi connectivity index (χ0n) is 13.6. The number of fused-ring (bicyclic) bond motifs is 2. The number of amides is 2. The van der Waals surface area contributed by atoms with Crippen LogP contribution in [-0.2, 0) is 0 Å². The molecule has 6 nitrogen and oxygen atoms in total. The van der Waals surface area contributed by atoms with Crippen molar-refractivity contribution in [2.24, 2.45) is 11.5 Å². The number of aromatic nitrogens is 2. The van der Waals surface area contributed by atoms with Gasteiger partial charge in [0, 0.05) is 45.3 Å². The maximum absolute atomic E-state index is 10.8. The second-order valence-electron chi connectivity index (χ2n) is 5.29. The van der Waals surface area contributed by atoms with E-state index in [1.807, 2.05) is 36.7 Å². The van der Waals surface area contributed by atoms with Gasteiger partial charge >= 0.3 is 0 Å². The third-order valence-electron chi connectivity index (χ3n) is 3.68. The fourth-order valence-electron chi connectivity index (χ4n) is 2.41. The summed E-state index contributed by atoms with van der Waals surface area (Å²) in [5.74, 6) is -0.781. The SMILES string of the molecule is Cl.Cl.NC(=O)c1ccc2[nH]ccc2c1.NC(=O)c1ccc2[nH]ccc2c1. The highest BCUT2D eigenvalue weighted by molar-refractivity contribution is 5.97. The third-order valence-corrected chi connectivity index (χ3v) is 3.68. The van der Waals surface area contributed by atoms with Crippen molar-refractivity contribution < 1.29 is 9.59 Å².